The molecule has 0 amide bonds. The second kappa shape index (κ2) is 12.3. The minimum absolute atomic E-state index is 0.104. The van der Waals surface area contributed by atoms with E-state index in [1.807, 2.05) is 36.4 Å². The van der Waals surface area contributed by atoms with Crippen LogP contribution in [0.4, 0.5) is 0 Å². The molecule has 2 saturated heterocycles. The van der Waals surface area contributed by atoms with Gasteiger partial charge in [0.1, 0.15) is 0 Å². The molecule has 0 aromatic heterocycles. The fourth-order valence-corrected chi connectivity index (χ4v) is 6.62. The molecule has 6 nitrogen and oxygen atoms in total. The number of hydrogen-bond donors (Lipinski definition) is 1. The molecule has 2 aromatic carbocycles. The molecule has 7 heteroatoms. The summed E-state index contributed by atoms with van der Waals surface area (Å²) in [6, 6.07) is 20.5. The van der Waals surface area contributed by atoms with Gasteiger partial charge in [-0.25, -0.2) is 0 Å². The van der Waals surface area contributed by atoms with Gasteiger partial charge in [-0.05, 0) is 61.9 Å². The number of carbonyl (C=O) groups excluding carboxylic acids is 2. The zero-order chi connectivity index (χ0) is 27.2. The van der Waals surface area contributed by atoms with Crippen LogP contribution in [0.5, 0.6) is 0 Å². The van der Waals surface area contributed by atoms with Crippen molar-refractivity contribution in [2.24, 2.45) is 17.6 Å². The zero-order valence-electron chi connectivity index (χ0n) is 22.6. The van der Waals surface area contributed by atoms with Crippen LogP contribution in [0.2, 0.25) is 0 Å². The van der Waals surface area contributed by atoms with Crippen molar-refractivity contribution < 1.29 is 19.1 Å². The van der Waals surface area contributed by atoms with Gasteiger partial charge in [0, 0.05) is 23.9 Å². The Kier molecular flexibility index (Phi) is 9.08. The van der Waals surface area contributed by atoms with Gasteiger partial charge in [0.2, 0.25) is 0 Å². The number of cyclic esters (lactones) is 2. The Morgan fingerprint density at radius 2 is 1.21 bits per heavy atom. The molecule has 204 valence electrons. The number of nitrogens with zero attached hydrogens (tertiary/aromatic N) is 1. The number of benzene rings is 2. The van der Waals surface area contributed by atoms with E-state index in [1.54, 1.807) is 0 Å². The summed E-state index contributed by atoms with van der Waals surface area (Å²) in [5.74, 6) is -0.511. The maximum Gasteiger partial charge on any atom is 0.309 e. The summed E-state index contributed by atoms with van der Waals surface area (Å²) in [5, 5.41) is 0.383. The molecule has 0 aliphatic carbocycles. The van der Waals surface area contributed by atoms with E-state index in [1.165, 1.54) is 0 Å². The van der Waals surface area contributed by atoms with Crippen molar-refractivity contribution in [3.05, 3.63) is 71.8 Å². The summed E-state index contributed by atoms with van der Waals surface area (Å²) in [6.45, 7) is 6.76. The lowest BCUT2D eigenvalue weighted by Gasteiger charge is -2.36. The molecular weight excluding hydrogens is 496 g/mol. The van der Waals surface area contributed by atoms with E-state index in [0.29, 0.717) is 31.4 Å². The van der Waals surface area contributed by atoms with Crippen LogP contribution >= 0.6 is 12.2 Å². The zero-order valence-corrected chi connectivity index (χ0v) is 23.4. The Morgan fingerprint density at radius 1 is 0.816 bits per heavy atom. The monoisotopic (exact) mass is 536 g/mol. The lowest BCUT2D eigenvalue weighted by molar-refractivity contribution is -0.144. The van der Waals surface area contributed by atoms with Gasteiger partial charge >= 0.3 is 11.9 Å². The fourth-order valence-electron chi connectivity index (χ4n) is 6.43. The van der Waals surface area contributed by atoms with Crippen LogP contribution in [0, 0.1) is 11.8 Å². The molecule has 0 bridgehead atoms. The normalized spacial score (nSPS) is 22.3. The van der Waals surface area contributed by atoms with Crippen molar-refractivity contribution >= 4 is 29.3 Å². The Labute approximate surface area is 231 Å². The van der Waals surface area contributed by atoms with E-state index in [0.717, 1.165) is 49.7 Å². The second-order valence-corrected chi connectivity index (χ2v) is 11.5. The van der Waals surface area contributed by atoms with Crippen LogP contribution in [-0.4, -0.2) is 48.3 Å². The van der Waals surface area contributed by atoms with Crippen molar-refractivity contribution in [3.63, 3.8) is 0 Å². The highest BCUT2D eigenvalue weighted by Crippen LogP contribution is 2.43. The first kappa shape index (κ1) is 28.1. The van der Waals surface area contributed by atoms with Gasteiger partial charge in [-0.3, -0.25) is 9.59 Å². The Hall–Kier alpha value is -2.93. The van der Waals surface area contributed by atoms with E-state index in [2.05, 4.69) is 43.0 Å². The largest absolute Gasteiger partial charge is 0.465 e. The lowest BCUT2D eigenvalue weighted by Crippen LogP contribution is -2.40. The Balaban J connectivity index is 1.40. The predicted molar refractivity (Wildman–Crippen MR) is 153 cm³/mol. The van der Waals surface area contributed by atoms with Crippen molar-refractivity contribution in [2.45, 2.75) is 63.2 Å². The van der Waals surface area contributed by atoms with E-state index in [-0.39, 0.29) is 34.6 Å². The Bertz CT molecular complexity index is 1030. The van der Waals surface area contributed by atoms with E-state index >= 15 is 0 Å². The minimum Gasteiger partial charge on any atom is -0.465 e. The third kappa shape index (κ3) is 6.04. The maximum atomic E-state index is 12.6. The number of rotatable bonds is 12. The highest BCUT2D eigenvalue weighted by Gasteiger charge is 2.45. The van der Waals surface area contributed by atoms with E-state index in [9.17, 15) is 9.59 Å². The Morgan fingerprint density at radius 3 is 1.53 bits per heavy atom. The standard InChI is InChI=1S/C31H40N2O4S/c1-30(23-11-5-3-6-12-23,25-15-21-36-27(25)34)17-9-19-33(29(32)38)20-10-18-31(2,24-13-7-4-8-14-24)26-16-22-37-28(26)35/h3-8,11-14,25-26H,9-10,15-22H2,1-2H3,(H2,32,38). The molecule has 0 saturated carbocycles. The first-order valence-electron chi connectivity index (χ1n) is 13.7. The number of carbonyl (C=O) groups is 2. The highest BCUT2D eigenvalue weighted by atomic mass is 32.1. The second-order valence-electron chi connectivity index (χ2n) is 11.1. The number of ether oxygens (including phenoxy) is 2. The molecule has 2 aliphatic heterocycles. The van der Waals surface area contributed by atoms with Crippen LogP contribution in [0.3, 0.4) is 0 Å². The molecule has 2 aromatic rings. The number of esters is 2. The molecule has 38 heavy (non-hydrogen) atoms. The van der Waals surface area contributed by atoms with Gasteiger partial charge in [-0.15, -0.1) is 0 Å². The average molecular weight is 537 g/mol. The summed E-state index contributed by atoms with van der Waals surface area (Å²) >= 11 is 5.42. The van der Waals surface area contributed by atoms with Crippen LogP contribution in [0.1, 0.15) is 63.5 Å². The first-order chi connectivity index (χ1) is 18.3. The molecule has 2 aliphatic rings. The topological polar surface area (TPSA) is 81.9 Å². The highest BCUT2D eigenvalue weighted by molar-refractivity contribution is 7.80. The summed E-state index contributed by atoms with van der Waals surface area (Å²) in [6.07, 6.45) is 4.82. The van der Waals surface area contributed by atoms with E-state index in [4.69, 9.17) is 27.4 Å². The molecule has 4 rings (SSSR count). The van der Waals surface area contributed by atoms with Gasteiger partial charge in [-0.1, -0.05) is 74.5 Å². The molecule has 2 heterocycles. The summed E-state index contributed by atoms with van der Waals surface area (Å²) < 4.78 is 10.7. The smallest absolute Gasteiger partial charge is 0.309 e. The van der Waals surface area contributed by atoms with Crippen LogP contribution in [-0.2, 0) is 29.9 Å². The first-order valence-corrected chi connectivity index (χ1v) is 14.2. The quantitative estimate of drug-likeness (QED) is 0.297. The molecule has 2 N–H and O–H groups in total. The van der Waals surface area contributed by atoms with Gasteiger partial charge in [-0.2, -0.15) is 0 Å². The van der Waals surface area contributed by atoms with Gasteiger partial charge in [0.25, 0.3) is 0 Å². The third-order valence-electron chi connectivity index (χ3n) is 8.84. The SMILES string of the molecule is CC(CCCN(CCCC(C)(c1ccccc1)C1CCOC1=O)C(N)=S)(c1ccccc1)C1CCOC1=O. The molecule has 4 unspecified atom stereocenters. The van der Waals surface area contributed by atoms with Crippen molar-refractivity contribution in [2.75, 3.05) is 26.3 Å². The number of nitrogens with two attached hydrogens (primary N) is 1. The summed E-state index contributed by atoms with van der Waals surface area (Å²) in [7, 11) is 0. The van der Waals surface area contributed by atoms with Crippen molar-refractivity contribution in [3.8, 4) is 0 Å². The third-order valence-corrected chi connectivity index (χ3v) is 9.09. The summed E-state index contributed by atoms with van der Waals surface area (Å²) in [4.78, 5) is 27.2. The number of hydrogen-bond acceptors (Lipinski definition) is 5. The molecule has 2 fully saturated rings. The van der Waals surface area contributed by atoms with Gasteiger partial charge in [0.05, 0.1) is 25.0 Å². The average Bonchev–Trinajstić information content (AvgIpc) is 3.57. The minimum atomic E-state index is -0.314. The van der Waals surface area contributed by atoms with Gasteiger partial charge in [0.15, 0.2) is 5.11 Å². The fraction of sp³-hybridized carbons (Fsp3) is 0.516. The van der Waals surface area contributed by atoms with Gasteiger partial charge < -0.3 is 20.1 Å². The number of thiocarbonyl (C=S) groups is 1. The molecular formula is C31H40N2O4S. The van der Waals surface area contributed by atoms with Crippen LogP contribution in [0.15, 0.2) is 60.7 Å². The van der Waals surface area contributed by atoms with Crippen LogP contribution < -0.4 is 5.73 Å². The lowest BCUT2D eigenvalue weighted by atomic mass is 9.68. The molecule has 0 radical (unpaired) electrons. The predicted octanol–water partition coefficient (Wildman–Crippen LogP) is 5.13. The summed E-state index contributed by atoms with van der Waals surface area (Å²) in [5.41, 5.74) is 7.85. The van der Waals surface area contributed by atoms with Crippen molar-refractivity contribution in [1.29, 1.82) is 0 Å². The van der Waals surface area contributed by atoms with Crippen molar-refractivity contribution in [1.82, 2.24) is 4.90 Å². The van der Waals surface area contributed by atoms with Crippen LogP contribution in [0.25, 0.3) is 0 Å². The molecule has 0 spiro atoms. The maximum absolute atomic E-state index is 12.6. The van der Waals surface area contributed by atoms with E-state index < -0.39 is 0 Å². The molecule has 4 atom stereocenters.